The summed E-state index contributed by atoms with van der Waals surface area (Å²) in [6.45, 7) is 38.8. The van der Waals surface area contributed by atoms with E-state index in [0.29, 0.717) is 90.1 Å². The van der Waals surface area contributed by atoms with Crippen molar-refractivity contribution in [1.29, 1.82) is 0 Å². The Morgan fingerprint density at radius 2 is 0.615 bits per heavy atom. The quantitative estimate of drug-likeness (QED) is 0.0159. The molecule has 22 nitrogen and oxygen atoms in total. The maximum absolute atomic E-state index is 12.8. The van der Waals surface area contributed by atoms with Gasteiger partial charge in [-0.25, -0.2) is 9.59 Å². The van der Waals surface area contributed by atoms with E-state index in [2.05, 4.69) is 103 Å². The van der Waals surface area contributed by atoms with Gasteiger partial charge in [-0.05, 0) is 153 Å². The van der Waals surface area contributed by atoms with Gasteiger partial charge in [0.25, 0.3) is 5.69 Å². The van der Waals surface area contributed by atoms with Gasteiger partial charge in [-0.2, -0.15) is 0 Å². The normalized spacial score (nSPS) is 12.3. The summed E-state index contributed by atoms with van der Waals surface area (Å²) in [5.41, 5.74) is -0.0612. The standard InChI is InChI=1S/C47H92N2O7.C35H59NO7.C18H38N2O3/c1-7-13-17-24-29-40-53-46(51)35-36-49(38-37-48(11-5)12-6)39-41-54-47(52)56-44(32-26-19-15-9-3)33-27-22-20-21-23-28-34-45(50)55-42-43(30-16-10-4)31-25-18-14-8-2;1-4-7-10-16-21-30(20-9-6-3)29-41-34(37)24-19-15-13-12-14-18-23-32(22-17-11-8-5-2)42-35(38)43-33-27-25-31(26-28-33)36(39)40;1-4-7-8-9-10-17-23-18(22)11-12-20(15-16-21)14-13-19(5-2)6-3/h43-44H,7-42H2,1-6H3;25-28,30,32H,4-24,29H2,1-3H3;21H,4-17H2,1-3H3. The molecule has 22 heteroatoms. The number of hydrogen-bond acceptors (Lipinski definition) is 21. The summed E-state index contributed by atoms with van der Waals surface area (Å²) in [7, 11) is 0. The number of rotatable bonds is 85. The maximum Gasteiger partial charge on any atom is 0.514 e. The number of non-ortho nitro benzene ring substituents is 1. The van der Waals surface area contributed by atoms with Crippen LogP contribution in [0.2, 0.25) is 0 Å². The van der Waals surface area contributed by atoms with Crippen molar-refractivity contribution in [2.75, 3.05) is 118 Å². The molecule has 0 aromatic heterocycles. The van der Waals surface area contributed by atoms with Crippen LogP contribution in [0, 0.1) is 22.0 Å². The van der Waals surface area contributed by atoms with E-state index in [1.165, 1.54) is 166 Å². The second-order valence-electron chi connectivity index (χ2n) is 34.0. The Morgan fingerprint density at radius 3 is 0.975 bits per heavy atom. The van der Waals surface area contributed by atoms with Gasteiger partial charge < -0.3 is 52.8 Å². The van der Waals surface area contributed by atoms with E-state index < -0.39 is 17.2 Å². The Hall–Kier alpha value is -5.16. The van der Waals surface area contributed by atoms with Crippen LogP contribution in [0.4, 0.5) is 15.3 Å². The maximum atomic E-state index is 12.8. The van der Waals surface area contributed by atoms with Crippen LogP contribution in [0.25, 0.3) is 0 Å². The van der Waals surface area contributed by atoms with E-state index >= 15 is 0 Å². The van der Waals surface area contributed by atoms with Gasteiger partial charge in [0.1, 0.15) is 24.6 Å². The summed E-state index contributed by atoms with van der Waals surface area (Å²) in [5.74, 6) is 0.871. The van der Waals surface area contributed by atoms with Crippen LogP contribution in [0.3, 0.4) is 0 Å². The van der Waals surface area contributed by atoms with Gasteiger partial charge >= 0.3 is 36.2 Å². The molecule has 1 rings (SSSR count). The predicted molar refractivity (Wildman–Crippen MR) is 501 cm³/mol. The fraction of sp³-hybridized carbons (Fsp3) is 0.880. The molecule has 0 aliphatic rings. The van der Waals surface area contributed by atoms with Gasteiger partial charge in [0.05, 0.1) is 50.8 Å². The molecule has 1 aromatic rings. The van der Waals surface area contributed by atoms with Crippen molar-refractivity contribution in [2.45, 2.75) is 442 Å². The molecule has 0 aliphatic heterocycles. The molecule has 4 atom stereocenters. The minimum atomic E-state index is -0.769. The highest BCUT2D eigenvalue weighted by atomic mass is 16.7. The number of aliphatic hydroxyl groups is 1. The van der Waals surface area contributed by atoms with Crippen molar-refractivity contribution >= 4 is 41.9 Å². The van der Waals surface area contributed by atoms with Crippen LogP contribution in [0.15, 0.2) is 24.3 Å². The molecule has 0 saturated carbocycles. The lowest BCUT2D eigenvalue weighted by Gasteiger charge is -2.26. The average Bonchev–Trinajstić information content (AvgIpc) is 0.892. The molecule has 0 spiro atoms. The van der Waals surface area contributed by atoms with Gasteiger partial charge in [-0.15, -0.1) is 0 Å². The number of ether oxygens (including phenoxy) is 8. The number of nitrogens with zero attached hydrogens (tertiary/aromatic N) is 5. The lowest BCUT2D eigenvalue weighted by atomic mass is 9.96. The van der Waals surface area contributed by atoms with Crippen molar-refractivity contribution in [2.24, 2.45) is 11.8 Å². The Balaban J connectivity index is 0. The molecular weight excluding hydrogens is 1540 g/mol. The number of unbranched alkanes of at least 4 members (excludes halogenated alkanes) is 32. The second kappa shape index (κ2) is 90.6. The van der Waals surface area contributed by atoms with E-state index in [9.17, 15) is 38.9 Å². The summed E-state index contributed by atoms with van der Waals surface area (Å²) in [6, 6.07) is 5.40. The largest absolute Gasteiger partial charge is 0.514 e. The molecular formula is C100H189N5O17. The van der Waals surface area contributed by atoms with Crippen LogP contribution in [0.5, 0.6) is 5.75 Å². The van der Waals surface area contributed by atoms with Crippen molar-refractivity contribution in [3.8, 4) is 5.75 Å². The Labute approximate surface area is 746 Å². The minimum Gasteiger partial charge on any atom is -0.466 e. The lowest BCUT2D eigenvalue weighted by molar-refractivity contribution is -0.384. The fourth-order valence-corrected chi connectivity index (χ4v) is 14.9. The average molecular weight is 1730 g/mol. The minimum absolute atomic E-state index is 0.0363. The molecule has 1 N–H and O–H groups in total. The van der Waals surface area contributed by atoms with Gasteiger partial charge in [-0.3, -0.25) is 39.1 Å². The van der Waals surface area contributed by atoms with Crippen LogP contribution in [-0.4, -0.2) is 196 Å². The van der Waals surface area contributed by atoms with Crippen LogP contribution in [-0.2, 0) is 52.3 Å². The Morgan fingerprint density at radius 1 is 0.311 bits per heavy atom. The van der Waals surface area contributed by atoms with Crippen LogP contribution in [0.1, 0.15) is 430 Å². The van der Waals surface area contributed by atoms with Crippen molar-refractivity contribution in [1.82, 2.24) is 19.6 Å². The summed E-state index contributed by atoms with van der Waals surface area (Å²) in [6.07, 6.45) is 55.7. The van der Waals surface area contributed by atoms with Crippen LogP contribution < -0.4 is 4.74 Å². The summed E-state index contributed by atoms with van der Waals surface area (Å²) < 4.78 is 44.5. The smallest absolute Gasteiger partial charge is 0.466 e. The van der Waals surface area contributed by atoms with Gasteiger partial charge in [0.15, 0.2) is 0 Å². The molecule has 0 bridgehead atoms. The van der Waals surface area contributed by atoms with Crippen molar-refractivity contribution < 1.29 is 76.7 Å². The van der Waals surface area contributed by atoms with E-state index in [1.54, 1.807) is 0 Å². The zero-order valence-corrected chi connectivity index (χ0v) is 80.7. The molecule has 0 aliphatic carbocycles. The van der Waals surface area contributed by atoms with Crippen molar-refractivity contribution in [3.05, 3.63) is 34.4 Å². The first-order chi connectivity index (χ1) is 59.4. The highest BCUT2D eigenvalue weighted by Crippen LogP contribution is 2.25. The number of benzene rings is 1. The Bertz CT molecular complexity index is 2510. The molecule has 716 valence electrons. The SMILES string of the molecule is CCCCCCC(CCCC)COC(=O)CCCCCCCCC(CCCCCC)OC(=O)Oc1ccc([N+](=O)[O-])cc1.CCCCCCCOC(=O)CCN(CCO)CCN(CC)CC.CCCCCCCOC(=O)CCN(CCOC(=O)OC(CCCCCC)CCCCCCCCC(=O)OCC(CCCC)CCCCCC)CCN(CC)CC. The first kappa shape index (κ1) is 119. The number of carbonyl (C=O) groups is 6. The summed E-state index contributed by atoms with van der Waals surface area (Å²) in [5, 5.41) is 20.0. The van der Waals surface area contributed by atoms with Gasteiger partial charge in [0, 0.05) is 77.3 Å². The molecule has 4 unspecified atom stereocenters. The zero-order valence-electron chi connectivity index (χ0n) is 80.7. The molecule has 0 radical (unpaired) electrons. The van der Waals surface area contributed by atoms with E-state index in [1.807, 2.05) is 0 Å². The fourth-order valence-electron chi connectivity index (χ4n) is 14.9. The predicted octanol–water partition coefficient (Wildman–Crippen LogP) is 25.9. The number of carbonyl (C=O) groups excluding carboxylic acids is 6. The van der Waals surface area contributed by atoms with Gasteiger partial charge in [0.2, 0.25) is 0 Å². The third-order valence-corrected chi connectivity index (χ3v) is 23.3. The Kier molecular flexibility index (Phi) is 88.3. The third kappa shape index (κ3) is 78.3. The van der Waals surface area contributed by atoms with E-state index in [-0.39, 0.29) is 60.7 Å². The molecule has 122 heavy (non-hydrogen) atoms. The topological polar surface area (TPSA) is 253 Å². The number of hydrogen-bond donors (Lipinski definition) is 1. The van der Waals surface area contributed by atoms with Gasteiger partial charge in [-0.1, -0.05) is 301 Å². The summed E-state index contributed by atoms with van der Waals surface area (Å²) >= 11 is 0. The van der Waals surface area contributed by atoms with Crippen LogP contribution >= 0.6 is 0 Å². The number of aliphatic hydroxyl groups excluding tert-OH is 1. The monoisotopic (exact) mass is 1730 g/mol. The lowest BCUT2D eigenvalue weighted by Crippen LogP contribution is -2.38. The third-order valence-electron chi connectivity index (χ3n) is 23.3. The number of nitro benzene ring substituents is 1. The number of nitro groups is 1. The van der Waals surface area contributed by atoms with Crippen molar-refractivity contribution in [3.63, 3.8) is 0 Å². The zero-order chi connectivity index (χ0) is 90.2. The number of likely N-dealkylation sites (N-methyl/N-ethyl adjacent to an activating group) is 2. The first-order valence-electron chi connectivity index (χ1n) is 50.5. The second-order valence-corrected chi connectivity index (χ2v) is 34.0. The first-order valence-corrected chi connectivity index (χ1v) is 50.5. The molecule has 0 fully saturated rings. The molecule has 0 amide bonds. The molecule has 0 saturated heterocycles. The molecule has 0 heterocycles. The molecule has 1 aromatic carbocycles. The van der Waals surface area contributed by atoms with E-state index in [4.69, 9.17) is 43.0 Å². The summed E-state index contributed by atoms with van der Waals surface area (Å²) in [4.78, 5) is 93.5. The number of esters is 4. The highest BCUT2D eigenvalue weighted by molar-refractivity contribution is 5.70. The highest BCUT2D eigenvalue weighted by Gasteiger charge is 2.22. The van der Waals surface area contributed by atoms with E-state index in [0.717, 1.165) is 232 Å².